The summed E-state index contributed by atoms with van der Waals surface area (Å²) in [6, 6.07) is 11.0. The number of hydrogen-bond donors (Lipinski definition) is 1. The van der Waals surface area contributed by atoms with Crippen LogP contribution in [0.5, 0.6) is 0 Å². The monoisotopic (exact) mass is 310 g/mol. The van der Waals surface area contributed by atoms with Gasteiger partial charge in [-0.3, -0.25) is 4.90 Å². The summed E-state index contributed by atoms with van der Waals surface area (Å²) in [6.07, 6.45) is 4.55. The molecule has 0 bridgehead atoms. The first-order valence-corrected chi connectivity index (χ1v) is 9.62. The molecule has 1 N–H and O–H groups in total. The molecule has 1 aromatic rings. The first-order valence-electron chi connectivity index (χ1n) is 7.73. The van der Waals surface area contributed by atoms with Gasteiger partial charge in [-0.05, 0) is 37.3 Å². The van der Waals surface area contributed by atoms with Crippen LogP contribution in [0.1, 0.15) is 37.8 Å². The lowest BCUT2D eigenvalue weighted by Crippen LogP contribution is -2.42. The lowest BCUT2D eigenvalue weighted by molar-refractivity contribution is 0.121. The average Bonchev–Trinajstić information content (AvgIpc) is 2.47. The van der Waals surface area contributed by atoms with Gasteiger partial charge in [-0.1, -0.05) is 37.3 Å². The number of rotatable bonds is 6. The maximum absolute atomic E-state index is 11.2. The largest absolute Gasteiger partial charge is 0.296 e. The summed E-state index contributed by atoms with van der Waals surface area (Å²) in [5.41, 5.74) is 1.36. The highest BCUT2D eigenvalue weighted by atomic mass is 32.2. The highest BCUT2D eigenvalue weighted by Crippen LogP contribution is 2.29. The Balaban J connectivity index is 1.99. The van der Waals surface area contributed by atoms with Gasteiger partial charge in [0.05, 0.1) is 6.26 Å². The molecule has 0 spiro atoms. The Morgan fingerprint density at radius 1 is 1.33 bits per heavy atom. The van der Waals surface area contributed by atoms with Crippen molar-refractivity contribution in [1.29, 1.82) is 0 Å². The van der Waals surface area contributed by atoms with Gasteiger partial charge in [0.1, 0.15) is 0 Å². The smallest absolute Gasteiger partial charge is 0.208 e. The Kier molecular flexibility index (Phi) is 5.79. The van der Waals surface area contributed by atoms with Gasteiger partial charge >= 0.3 is 0 Å². The van der Waals surface area contributed by atoms with Gasteiger partial charge in [0.25, 0.3) is 0 Å². The molecule has 0 unspecified atom stereocenters. The molecule has 4 nitrogen and oxygen atoms in total. The van der Waals surface area contributed by atoms with E-state index in [1.165, 1.54) is 11.8 Å². The number of piperidine rings is 1. The number of nitrogens with zero attached hydrogens (tertiary/aromatic N) is 1. The Morgan fingerprint density at radius 3 is 2.67 bits per heavy atom. The highest BCUT2D eigenvalue weighted by Gasteiger charge is 2.26. The third-order valence-electron chi connectivity index (χ3n) is 4.20. The van der Waals surface area contributed by atoms with Gasteiger partial charge in [0, 0.05) is 19.1 Å². The number of sulfonamides is 1. The number of nitrogens with one attached hydrogen (secondary N) is 1. The molecule has 1 aromatic carbocycles. The second-order valence-corrected chi connectivity index (χ2v) is 7.79. The van der Waals surface area contributed by atoms with E-state index < -0.39 is 10.0 Å². The van der Waals surface area contributed by atoms with E-state index in [2.05, 4.69) is 40.8 Å². The lowest BCUT2D eigenvalue weighted by Gasteiger charge is -2.38. The molecule has 0 radical (unpaired) electrons. The van der Waals surface area contributed by atoms with E-state index in [1.54, 1.807) is 0 Å². The van der Waals surface area contributed by atoms with E-state index in [-0.39, 0.29) is 0 Å². The first kappa shape index (κ1) is 16.5. The summed E-state index contributed by atoms with van der Waals surface area (Å²) in [5.74, 6) is 0.409. The molecule has 0 aromatic heterocycles. The van der Waals surface area contributed by atoms with Crippen LogP contribution in [-0.2, 0) is 10.0 Å². The second kappa shape index (κ2) is 7.38. The minimum Gasteiger partial charge on any atom is -0.296 e. The van der Waals surface area contributed by atoms with Gasteiger partial charge in [-0.15, -0.1) is 0 Å². The molecule has 0 aliphatic carbocycles. The number of likely N-dealkylation sites (tertiary alicyclic amines) is 1. The molecule has 0 amide bonds. The zero-order valence-electron chi connectivity index (χ0n) is 13.0. The molecular formula is C16H26N2O2S. The molecule has 1 aliphatic heterocycles. The van der Waals surface area contributed by atoms with Crippen LogP contribution in [0, 0.1) is 5.92 Å². The van der Waals surface area contributed by atoms with Crippen molar-refractivity contribution in [2.45, 2.75) is 32.2 Å². The molecule has 1 aliphatic rings. The number of hydrogen-bond acceptors (Lipinski definition) is 3. The predicted octanol–water partition coefficient (Wildman–Crippen LogP) is 2.40. The molecule has 21 heavy (non-hydrogen) atoms. The van der Waals surface area contributed by atoms with Crippen molar-refractivity contribution in [2.75, 3.05) is 25.9 Å². The lowest BCUT2D eigenvalue weighted by atomic mass is 9.94. The van der Waals surface area contributed by atoms with Gasteiger partial charge in [0.15, 0.2) is 0 Å². The third-order valence-corrected chi connectivity index (χ3v) is 4.89. The zero-order valence-corrected chi connectivity index (χ0v) is 13.8. The zero-order chi connectivity index (χ0) is 15.3. The quantitative estimate of drug-likeness (QED) is 0.878. The average molecular weight is 310 g/mol. The molecule has 0 saturated carbocycles. The summed E-state index contributed by atoms with van der Waals surface area (Å²) in [7, 11) is -3.09. The van der Waals surface area contributed by atoms with Gasteiger partial charge in [-0.25, -0.2) is 13.1 Å². The molecule has 2 atom stereocenters. The summed E-state index contributed by atoms with van der Waals surface area (Å²) in [4.78, 5) is 2.51. The van der Waals surface area contributed by atoms with Gasteiger partial charge < -0.3 is 0 Å². The van der Waals surface area contributed by atoms with E-state index in [9.17, 15) is 8.42 Å². The minimum atomic E-state index is -3.09. The summed E-state index contributed by atoms with van der Waals surface area (Å²) in [6.45, 7) is 4.84. The molecule has 5 heteroatoms. The summed E-state index contributed by atoms with van der Waals surface area (Å²) in [5, 5.41) is 0. The van der Waals surface area contributed by atoms with Gasteiger partial charge in [0.2, 0.25) is 10.0 Å². The van der Waals surface area contributed by atoms with Gasteiger partial charge in [-0.2, -0.15) is 0 Å². The Labute approximate surface area is 128 Å². The normalized spacial score (nSPS) is 22.1. The predicted molar refractivity (Wildman–Crippen MR) is 86.6 cm³/mol. The maximum Gasteiger partial charge on any atom is 0.208 e. The Hall–Kier alpha value is -0.910. The standard InChI is InChI=1S/C16H26N2O2S/c1-3-16(15-9-5-4-6-10-15)18-11-7-8-14(13-18)12-17-21(2,19)20/h4-6,9-10,14,16-17H,3,7-8,11-13H2,1-2H3/t14-,16+/m0/s1. The molecule has 2 rings (SSSR count). The topological polar surface area (TPSA) is 49.4 Å². The van der Waals surface area contributed by atoms with Crippen molar-refractivity contribution >= 4 is 10.0 Å². The number of benzene rings is 1. The van der Waals surface area contributed by atoms with Crippen LogP contribution < -0.4 is 4.72 Å². The SMILES string of the molecule is CC[C@H](c1ccccc1)N1CCC[C@@H](CNS(C)(=O)=O)C1. The molecular weight excluding hydrogens is 284 g/mol. The Bertz CT molecular complexity index is 530. The minimum absolute atomic E-state index is 0.409. The summed E-state index contributed by atoms with van der Waals surface area (Å²) >= 11 is 0. The van der Waals surface area contributed by atoms with Crippen LogP contribution in [0.25, 0.3) is 0 Å². The van der Waals surface area contributed by atoms with Crippen LogP contribution in [0.4, 0.5) is 0 Å². The first-order chi connectivity index (χ1) is 9.99. The van der Waals surface area contributed by atoms with E-state index >= 15 is 0 Å². The molecule has 118 valence electrons. The van der Waals surface area contributed by atoms with Crippen molar-refractivity contribution in [3.63, 3.8) is 0 Å². The van der Waals surface area contributed by atoms with Crippen LogP contribution in [-0.4, -0.2) is 39.2 Å². The van der Waals surface area contributed by atoms with E-state index in [4.69, 9.17) is 0 Å². The van der Waals surface area contributed by atoms with E-state index in [0.717, 1.165) is 32.4 Å². The Morgan fingerprint density at radius 2 is 2.05 bits per heavy atom. The van der Waals surface area contributed by atoms with Crippen molar-refractivity contribution in [1.82, 2.24) is 9.62 Å². The highest BCUT2D eigenvalue weighted by molar-refractivity contribution is 7.88. The van der Waals surface area contributed by atoms with E-state index in [0.29, 0.717) is 18.5 Å². The van der Waals surface area contributed by atoms with Crippen LogP contribution in [0.15, 0.2) is 30.3 Å². The third kappa shape index (κ3) is 5.09. The maximum atomic E-state index is 11.2. The van der Waals surface area contributed by atoms with Crippen LogP contribution in [0.2, 0.25) is 0 Å². The van der Waals surface area contributed by atoms with Crippen LogP contribution in [0.3, 0.4) is 0 Å². The second-order valence-electron chi connectivity index (χ2n) is 5.96. The van der Waals surface area contributed by atoms with E-state index in [1.807, 2.05) is 6.07 Å². The molecule has 1 fully saturated rings. The van der Waals surface area contributed by atoms with Crippen molar-refractivity contribution in [2.24, 2.45) is 5.92 Å². The fourth-order valence-corrected chi connectivity index (χ4v) is 3.73. The molecule has 1 heterocycles. The van der Waals surface area contributed by atoms with Crippen LogP contribution >= 0.6 is 0 Å². The van der Waals surface area contributed by atoms with Crippen molar-refractivity contribution in [3.05, 3.63) is 35.9 Å². The van der Waals surface area contributed by atoms with Crippen molar-refractivity contribution in [3.8, 4) is 0 Å². The fraction of sp³-hybridized carbons (Fsp3) is 0.625. The fourth-order valence-electron chi connectivity index (χ4n) is 3.20. The summed E-state index contributed by atoms with van der Waals surface area (Å²) < 4.78 is 25.1. The molecule has 1 saturated heterocycles. The van der Waals surface area contributed by atoms with Crippen molar-refractivity contribution < 1.29 is 8.42 Å².